The summed E-state index contributed by atoms with van der Waals surface area (Å²) in [6.07, 6.45) is 3.39. The van der Waals surface area contributed by atoms with Crippen LogP contribution < -0.4 is 15.8 Å². The van der Waals surface area contributed by atoms with Gasteiger partial charge in [0.25, 0.3) is 0 Å². The van der Waals surface area contributed by atoms with E-state index >= 15 is 0 Å². The number of aromatic nitrogens is 2. The van der Waals surface area contributed by atoms with Crippen molar-refractivity contribution in [1.29, 1.82) is 0 Å². The van der Waals surface area contributed by atoms with Gasteiger partial charge in [0.15, 0.2) is 0 Å². The summed E-state index contributed by atoms with van der Waals surface area (Å²) in [6, 6.07) is 1.71. The number of nitrogens with two attached hydrogens (primary N) is 1. The van der Waals surface area contributed by atoms with Gasteiger partial charge in [0.1, 0.15) is 0 Å². The Morgan fingerprint density at radius 1 is 1.53 bits per heavy atom. The third-order valence-electron chi connectivity index (χ3n) is 3.06. The molecule has 2 heterocycles. The van der Waals surface area contributed by atoms with Crippen LogP contribution in [0.15, 0.2) is 12.3 Å². The fraction of sp³-hybridized carbons (Fsp3) is 0.636. The van der Waals surface area contributed by atoms with Crippen molar-refractivity contribution in [2.24, 2.45) is 5.73 Å². The number of nitrogens with zero attached hydrogens (tertiary/aromatic N) is 2. The zero-order valence-electron chi connectivity index (χ0n) is 9.98. The molecule has 1 aliphatic rings. The maximum atomic E-state index is 5.85. The van der Waals surface area contributed by atoms with Gasteiger partial charge in [-0.1, -0.05) is 0 Å². The lowest BCUT2D eigenvalue weighted by atomic mass is 9.90. The Bertz CT molecular complexity index is 366. The van der Waals surface area contributed by atoms with Gasteiger partial charge in [-0.25, -0.2) is 4.98 Å². The van der Waals surface area contributed by atoms with Gasteiger partial charge in [-0.3, -0.25) is 0 Å². The van der Waals surface area contributed by atoms with Crippen LogP contribution in [0.5, 0.6) is 5.88 Å². The van der Waals surface area contributed by atoms with E-state index in [-0.39, 0.29) is 5.54 Å². The number of methoxy groups -OCH3 is 1. The van der Waals surface area contributed by atoms with Crippen molar-refractivity contribution in [2.75, 3.05) is 32.2 Å². The molecule has 0 aromatic carbocycles. The molecule has 0 aliphatic carbocycles. The van der Waals surface area contributed by atoms with Gasteiger partial charge >= 0.3 is 0 Å². The summed E-state index contributed by atoms with van der Waals surface area (Å²) in [7, 11) is 1.58. The van der Waals surface area contributed by atoms with Crippen molar-refractivity contribution in [2.45, 2.75) is 18.4 Å². The average molecular weight is 238 g/mol. The molecule has 0 bridgehead atoms. The minimum atomic E-state index is -0.162. The number of rotatable bonds is 4. The molecular weight excluding hydrogens is 220 g/mol. The van der Waals surface area contributed by atoms with Gasteiger partial charge in [0.2, 0.25) is 11.8 Å². The van der Waals surface area contributed by atoms with E-state index < -0.39 is 0 Å². The normalized spacial score (nSPS) is 18.7. The summed E-state index contributed by atoms with van der Waals surface area (Å²) in [6.45, 7) is 1.97. The van der Waals surface area contributed by atoms with E-state index in [1.54, 1.807) is 19.4 Å². The van der Waals surface area contributed by atoms with Crippen LogP contribution in [-0.4, -0.2) is 42.4 Å². The molecule has 0 saturated carbocycles. The zero-order valence-corrected chi connectivity index (χ0v) is 9.98. The van der Waals surface area contributed by atoms with Crippen LogP contribution in [0.1, 0.15) is 12.8 Å². The maximum absolute atomic E-state index is 5.85. The molecule has 0 unspecified atom stereocenters. The highest BCUT2D eigenvalue weighted by atomic mass is 16.5. The summed E-state index contributed by atoms with van der Waals surface area (Å²) in [4.78, 5) is 8.41. The van der Waals surface area contributed by atoms with Gasteiger partial charge in [-0.2, -0.15) is 4.98 Å². The van der Waals surface area contributed by atoms with E-state index in [9.17, 15) is 0 Å². The van der Waals surface area contributed by atoms with Crippen molar-refractivity contribution in [1.82, 2.24) is 9.97 Å². The van der Waals surface area contributed by atoms with E-state index in [0.717, 1.165) is 12.8 Å². The second kappa shape index (κ2) is 5.29. The Morgan fingerprint density at radius 3 is 2.94 bits per heavy atom. The van der Waals surface area contributed by atoms with Crippen LogP contribution in [0, 0.1) is 0 Å². The van der Waals surface area contributed by atoms with E-state index in [2.05, 4.69) is 15.3 Å². The van der Waals surface area contributed by atoms with Gasteiger partial charge in [0.05, 0.1) is 12.6 Å². The number of ether oxygens (including phenoxy) is 2. The predicted octanol–water partition coefficient (Wildman–Crippen LogP) is 0.405. The van der Waals surface area contributed by atoms with Crippen LogP contribution in [0.25, 0.3) is 0 Å². The molecule has 94 valence electrons. The summed E-state index contributed by atoms with van der Waals surface area (Å²) in [5.41, 5.74) is 5.69. The van der Waals surface area contributed by atoms with E-state index in [1.165, 1.54) is 0 Å². The minimum Gasteiger partial charge on any atom is -0.481 e. The van der Waals surface area contributed by atoms with Gasteiger partial charge in [0, 0.05) is 32.0 Å². The molecule has 1 fully saturated rings. The molecule has 6 nitrogen and oxygen atoms in total. The lowest BCUT2D eigenvalue weighted by molar-refractivity contribution is 0.0625. The molecule has 1 aliphatic heterocycles. The molecule has 17 heavy (non-hydrogen) atoms. The summed E-state index contributed by atoms with van der Waals surface area (Å²) in [5, 5.41) is 3.31. The Morgan fingerprint density at radius 2 is 2.29 bits per heavy atom. The molecule has 2 rings (SSSR count). The van der Waals surface area contributed by atoms with Gasteiger partial charge < -0.3 is 20.5 Å². The number of nitrogens with one attached hydrogen (secondary N) is 1. The smallest absolute Gasteiger partial charge is 0.226 e. The fourth-order valence-electron chi connectivity index (χ4n) is 1.90. The SMILES string of the molecule is COc1ccnc(NC2(CN)CCOCC2)n1. The predicted molar refractivity (Wildman–Crippen MR) is 64.0 cm³/mol. The molecule has 0 spiro atoms. The Hall–Kier alpha value is -1.40. The first kappa shape index (κ1) is 12.1. The van der Waals surface area contributed by atoms with Crippen LogP contribution in [0.4, 0.5) is 5.95 Å². The summed E-state index contributed by atoms with van der Waals surface area (Å²) < 4.78 is 10.4. The lowest BCUT2D eigenvalue weighted by Gasteiger charge is -2.36. The Labute approximate surface area is 101 Å². The summed E-state index contributed by atoms with van der Waals surface area (Å²) >= 11 is 0. The highest BCUT2D eigenvalue weighted by molar-refractivity contribution is 5.32. The summed E-state index contributed by atoms with van der Waals surface area (Å²) in [5.74, 6) is 1.10. The standard InChI is InChI=1S/C11H18N4O2/c1-16-9-2-5-13-10(14-9)15-11(8-12)3-6-17-7-4-11/h2,5H,3-4,6-8,12H2,1H3,(H,13,14,15). The average Bonchev–Trinajstić information content (AvgIpc) is 2.40. The molecule has 1 aromatic rings. The largest absolute Gasteiger partial charge is 0.481 e. The van der Waals surface area contributed by atoms with E-state index in [4.69, 9.17) is 15.2 Å². The first-order valence-corrected chi connectivity index (χ1v) is 5.71. The Kier molecular flexibility index (Phi) is 3.75. The first-order valence-electron chi connectivity index (χ1n) is 5.71. The first-order chi connectivity index (χ1) is 8.28. The van der Waals surface area contributed by atoms with Gasteiger partial charge in [-0.05, 0) is 12.8 Å². The van der Waals surface area contributed by atoms with Gasteiger partial charge in [-0.15, -0.1) is 0 Å². The molecule has 0 amide bonds. The zero-order chi connectivity index (χ0) is 12.1. The van der Waals surface area contributed by atoms with Crippen LogP contribution >= 0.6 is 0 Å². The third kappa shape index (κ3) is 2.83. The van der Waals surface area contributed by atoms with E-state index in [1.807, 2.05) is 0 Å². The highest BCUT2D eigenvalue weighted by Crippen LogP contribution is 2.23. The fourth-order valence-corrected chi connectivity index (χ4v) is 1.90. The highest BCUT2D eigenvalue weighted by Gasteiger charge is 2.31. The minimum absolute atomic E-state index is 0.162. The van der Waals surface area contributed by atoms with Crippen LogP contribution in [-0.2, 0) is 4.74 Å². The monoisotopic (exact) mass is 238 g/mol. The van der Waals surface area contributed by atoms with E-state index in [0.29, 0.717) is 31.6 Å². The van der Waals surface area contributed by atoms with Crippen molar-refractivity contribution < 1.29 is 9.47 Å². The maximum Gasteiger partial charge on any atom is 0.226 e. The topological polar surface area (TPSA) is 82.3 Å². The molecule has 3 N–H and O–H groups in total. The number of hydrogen-bond donors (Lipinski definition) is 2. The molecule has 0 radical (unpaired) electrons. The molecule has 1 aromatic heterocycles. The second-order valence-corrected chi connectivity index (χ2v) is 4.14. The lowest BCUT2D eigenvalue weighted by Crippen LogP contribution is -2.50. The quantitative estimate of drug-likeness (QED) is 0.790. The van der Waals surface area contributed by atoms with Crippen molar-refractivity contribution in [3.05, 3.63) is 12.3 Å². The van der Waals surface area contributed by atoms with Crippen LogP contribution in [0.2, 0.25) is 0 Å². The molecular formula is C11H18N4O2. The molecule has 1 saturated heterocycles. The Balaban J connectivity index is 2.11. The second-order valence-electron chi connectivity index (χ2n) is 4.14. The number of hydrogen-bond acceptors (Lipinski definition) is 6. The van der Waals surface area contributed by atoms with Crippen molar-refractivity contribution in [3.63, 3.8) is 0 Å². The number of anilines is 1. The third-order valence-corrected chi connectivity index (χ3v) is 3.06. The van der Waals surface area contributed by atoms with Crippen molar-refractivity contribution >= 4 is 5.95 Å². The molecule has 6 heteroatoms. The van der Waals surface area contributed by atoms with Crippen LogP contribution in [0.3, 0.4) is 0 Å². The molecule has 0 atom stereocenters. The van der Waals surface area contributed by atoms with Crippen molar-refractivity contribution in [3.8, 4) is 5.88 Å².